The first-order valence-corrected chi connectivity index (χ1v) is 20.9. The molecule has 0 bridgehead atoms. The van der Waals surface area contributed by atoms with Crippen LogP contribution < -0.4 is 14.5 Å². The molecule has 1 saturated carbocycles. The molecule has 0 N–H and O–H groups in total. The molecule has 1 aromatic carbocycles. The van der Waals surface area contributed by atoms with Gasteiger partial charge >= 0.3 is 6.09 Å². The number of hydrogen-bond donors (Lipinski definition) is 0. The van der Waals surface area contributed by atoms with Gasteiger partial charge in [0.25, 0.3) is 5.91 Å². The van der Waals surface area contributed by atoms with Gasteiger partial charge in [-0.15, -0.1) is 0 Å². The minimum Gasteiger partial charge on any atom is -0.476 e. The lowest BCUT2D eigenvalue weighted by atomic mass is 9.83. The first-order valence-electron chi connectivity index (χ1n) is 20.9. The average molecular weight is 770 g/mol. The number of anilines is 2. The molecular formula is C43H67N3O9. The molecule has 12 nitrogen and oxygen atoms in total. The zero-order valence-electron chi connectivity index (χ0n) is 34.7. The summed E-state index contributed by atoms with van der Waals surface area (Å²) in [6.07, 6.45) is 7.21. The molecule has 3 fully saturated rings. The van der Waals surface area contributed by atoms with E-state index in [1.807, 2.05) is 50.8 Å². The highest BCUT2D eigenvalue weighted by molar-refractivity contribution is 6.04. The Labute approximate surface area is 328 Å². The van der Waals surface area contributed by atoms with Crippen molar-refractivity contribution in [1.82, 2.24) is 4.90 Å². The van der Waals surface area contributed by atoms with Crippen LogP contribution in [0.2, 0.25) is 0 Å². The number of benzene rings is 1. The third kappa shape index (κ3) is 11.9. The molecule has 1 aromatic rings. The van der Waals surface area contributed by atoms with E-state index in [9.17, 15) is 19.2 Å². The molecule has 0 spiro atoms. The van der Waals surface area contributed by atoms with Gasteiger partial charge in [0.1, 0.15) is 17.1 Å². The van der Waals surface area contributed by atoms with Crippen molar-refractivity contribution in [2.75, 3.05) is 55.9 Å². The predicted octanol–water partition coefficient (Wildman–Crippen LogP) is 7.54. The maximum absolute atomic E-state index is 14.7. The van der Waals surface area contributed by atoms with Crippen molar-refractivity contribution in [1.29, 1.82) is 0 Å². The molecule has 0 radical (unpaired) electrons. The molecule has 308 valence electrons. The SMILES string of the molecule is CCOC[C@H](CCCC(=O)[C@H]1C[C@@H](C(=O)N(c2ccc3c(c2)N(CCOC2CCCCO2)C(=O)C(C)(C)O3)C2CC2)CN(C(=O)OC(C)(C)C)C1)CC(C)C. The topological polar surface area (TPSA) is 124 Å². The lowest BCUT2D eigenvalue weighted by Crippen LogP contribution is -2.54. The van der Waals surface area contributed by atoms with E-state index in [4.69, 9.17) is 23.7 Å². The molecule has 5 rings (SSSR count). The second-order valence-corrected chi connectivity index (χ2v) is 17.9. The highest BCUT2D eigenvalue weighted by Gasteiger charge is 2.45. The first kappa shape index (κ1) is 42.9. The summed E-state index contributed by atoms with van der Waals surface area (Å²) in [4.78, 5) is 61.0. The maximum atomic E-state index is 14.7. The van der Waals surface area contributed by atoms with E-state index >= 15 is 0 Å². The van der Waals surface area contributed by atoms with Crippen LogP contribution in [0.4, 0.5) is 16.2 Å². The number of rotatable bonds is 17. The van der Waals surface area contributed by atoms with Crippen LogP contribution >= 0.6 is 0 Å². The van der Waals surface area contributed by atoms with Gasteiger partial charge in [-0.05, 0) is 129 Å². The Kier molecular flexibility index (Phi) is 14.7. The number of ketones is 1. The van der Waals surface area contributed by atoms with Gasteiger partial charge in [-0.3, -0.25) is 14.4 Å². The first-order chi connectivity index (χ1) is 26.1. The molecule has 4 atom stereocenters. The van der Waals surface area contributed by atoms with Crippen molar-refractivity contribution in [2.45, 2.75) is 143 Å². The van der Waals surface area contributed by atoms with Gasteiger partial charge in [0.2, 0.25) is 5.91 Å². The number of nitrogens with zero attached hydrogens (tertiary/aromatic N) is 3. The molecule has 55 heavy (non-hydrogen) atoms. The second-order valence-electron chi connectivity index (χ2n) is 17.9. The molecular weight excluding hydrogens is 702 g/mol. The van der Waals surface area contributed by atoms with Gasteiger partial charge in [-0.2, -0.15) is 0 Å². The predicted molar refractivity (Wildman–Crippen MR) is 211 cm³/mol. The lowest BCUT2D eigenvalue weighted by molar-refractivity contribution is -0.161. The monoisotopic (exact) mass is 769 g/mol. The number of amides is 3. The van der Waals surface area contributed by atoms with Crippen LogP contribution in [0.1, 0.15) is 120 Å². The van der Waals surface area contributed by atoms with E-state index in [1.165, 1.54) is 0 Å². The van der Waals surface area contributed by atoms with Crippen LogP contribution in [0.25, 0.3) is 0 Å². The minimum atomic E-state index is -1.07. The summed E-state index contributed by atoms with van der Waals surface area (Å²) in [6.45, 7) is 18.4. The Hall–Kier alpha value is -3.22. The summed E-state index contributed by atoms with van der Waals surface area (Å²) in [5.74, 6) is 0.157. The third-order valence-corrected chi connectivity index (χ3v) is 10.8. The van der Waals surface area contributed by atoms with Crippen molar-refractivity contribution in [3.63, 3.8) is 0 Å². The highest BCUT2D eigenvalue weighted by atomic mass is 16.7. The number of carbonyl (C=O) groups excluding carboxylic acids is 4. The van der Waals surface area contributed by atoms with Crippen LogP contribution in [0.3, 0.4) is 0 Å². The lowest BCUT2D eigenvalue weighted by Gasteiger charge is -2.40. The van der Waals surface area contributed by atoms with Crippen LogP contribution in [0.5, 0.6) is 5.75 Å². The summed E-state index contributed by atoms with van der Waals surface area (Å²) >= 11 is 0. The Balaban J connectivity index is 1.35. The highest BCUT2D eigenvalue weighted by Crippen LogP contribution is 2.43. The van der Waals surface area contributed by atoms with Crippen LogP contribution in [0.15, 0.2) is 18.2 Å². The number of likely N-dealkylation sites (tertiary alicyclic amines) is 1. The Morgan fingerprint density at radius 3 is 2.45 bits per heavy atom. The summed E-state index contributed by atoms with van der Waals surface area (Å²) in [5.41, 5.74) is -0.556. The van der Waals surface area contributed by atoms with Crippen molar-refractivity contribution in [3.05, 3.63) is 18.2 Å². The van der Waals surface area contributed by atoms with Gasteiger partial charge in [0.05, 0.1) is 18.2 Å². The Morgan fingerprint density at radius 1 is 1.05 bits per heavy atom. The van der Waals surface area contributed by atoms with Gasteiger partial charge in [0, 0.05) is 63.5 Å². The van der Waals surface area contributed by atoms with Gasteiger partial charge in [-0.25, -0.2) is 4.79 Å². The summed E-state index contributed by atoms with van der Waals surface area (Å²) in [6, 6.07) is 5.55. The largest absolute Gasteiger partial charge is 0.476 e. The van der Waals surface area contributed by atoms with Crippen LogP contribution in [-0.2, 0) is 33.3 Å². The number of piperidine rings is 1. The molecule has 3 amide bonds. The molecule has 4 aliphatic rings. The number of Topliss-reactive ketones (excluding diaryl/α,β-unsaturated/α-hetero) is 1. The third-order valence-electron chi connectivity index (χ3n) is 10.8. The van der Waals surface area contributed by atoms with E-state index in [0.717, 1.165) is 51.4 Å². The summed E-state index contributed by atoms with van der Waals surface area (Å²) in [7, 11) is 0. The number of hydrogen-bond acceptors (Lipinski definition) is 9. The van der Waals surface area contributed by atoms with Gasteiger partial charge in [-0.1, -0.05) is 13.8 Å². The van der Waals surface area contributed by atoms with Crippen molar-refractivity contribution < 1.29 is 42.9 Å². The smallest absolute Gasteiger partial charge is 0.410 e. The number of ether oxygens (including phenoxy) is 5. The molecule has 3 aliphatic heterocycles. The average Bonchev–Trinajstić information content (AvgIpc) is 3.97. The van der Waals surface area contributed by atoms with E-state index in [-0.39, 0.29) is 43.0 Å². The number of carbonyl (C=O) groups is 4. The molecule has 12 heteroatoms. The molecule has 2 saturated heterocycles. The van der Waals surface area contributed by atoms with E-state index < -0.39 is 29.1 Å². The van der Waals surface area contributed by atoms with Gasteiger partial charge in [0.15, 0.2) is 11.9 Å². The van der Waals surface area contributed by atoms with Crippen molar-refractivity contribution >= 4 is 35.1 Å². The van der Waals surface area contributed by atoms with E-state index in [2.05, 4.69) is 13.8 Å². The second kappa shape index (κ2) is 18.8. The fraction of sp³-hybridized carbons (Fsp3) is 0.767. The zero-order chi connectivity index (χ0) is 39.9. The minimum absolute atomic E-state index is 0.0169. The molecule has 0 aromatic heterocycles. The molecule has 1 aliphatic carbocycles. The quantitative estimate of drug-likeness (QED) is 0.158. The van der Waals surface area contributed by atoms with Crippen molar-refractivity contribution in [3.8, 4) is 5.75 Å². The zero-order valence-corrected chi connectivity index (χ0v) is 34.7. The van der Waals surface area contributed by atoms with Crippen molar-refractivity contribution in [2.24, 2.45) is 23.7 Å². The maximum Gasteiger partial charge on any atom is 0.410 e. The van der Waals surface area contributed by atoms with E-state index in [1.54, 1.807) is 23.6 Å². The Morgan fingerprint density at radius 2 is 1.80 bits per heavy atom. The standard InChI is InChI=1S/C43H67N3O9/c1-9-51-28-30(23-29(2)3)13-12-14-36(47)31-24-32(27-44(26-31)41(50)55-42(4,5)6)39(48)46(33-16-17-33)34-18-19-37-35(25-34)45(40(49)43(7,8)54-37)20-22-53-38-15-10-11-21-52-38/h18-19,25,29-33,38H,9-17,20-24,26-28H2,1-8H3/t30-,31+,32-,38?/m1/s1. The van der Waals surface area contributed by atoms with E-state index in [0.29, 0.717) is 74.8 Å². The van der Waals surface area contributed by atoms with Crippen LogP contribution in [0, 0.1) is 23.7 Å². The van der Waals surface area contributed by atoms with Crippen LogP contribution in [-0.4, -0.2) is 98.2 Å². The fourth-order valence-electron chi connectivity index (χ4n) is 8.07. The normalized spacial score (nSPS) is 23.2. The summed E-state index contributed by atoms with van der Waals surface area (Å²) < 4.78 is 29.5. The van der Waals surface area contributed by atoms with Gasteiger partial charge < -0.3 is 38.4 Å². The Bertz CT molecular complexity index is 1480. The fourth-order valence-corrected chi connectivity index (χ4v) is 8.07. The molecule has 3 heterocycles. The molecule has 1 unspecified atom stereocenters. The number of fused-ring (bicyclic) bond motifs is 1. The summed E-state index contributed by atoms with van der Waals surface area (Å²) in [5, 5.41) is 0.